The van der Waals surface area contributed by atoms with E-state index >= 15 is 0 Å². The van der Waals surface area contributed by atoms with E-state index in [2.05, 4.69) is 13.8 Å². The summed E-state index contributed by atoms with van der Waals surface area (Å²) in [7, 11) is 1.16. The van der Waals surface area contributed by atoms with Crippen molar-refractivity contribution in [1.29, 1.82) is 0 Å². The molecule has 4 saturated carbocycles. The lowest BCUT2D eigenvalue weighted by Gasteiger charge is -2.60. The summed E-state index contributed by atoms with van der Waals surface area (Å²) in [6, 6.07) is 0. The molecule has 4 aliphatic carbocycles. The SMILES string of the molecule is COC(=O)[C@H]1O[C@@H]2OC(C)(O[C@@H]3CCC4(C)C(CCC5C6CCC(C(=O)COC(C)=O)C6(C)CC(=O)C54)C3)O[C@@H]2[C@@H](OC(C)=O)[C@@H]1OC(C)=O. The molecular weight excluding hydrogens is 656 g/mol. The monoisotopic (exact) mass is 706 g/mol. The number of ether oxygens (including phenoxy) is 8. The van der Waals surface area contributed by atoms with Crippen molar-refractivity contribution in [3.05, 3.63) is 0 Å². The zero-order chi connectivity index (χ0) is 36.3. The summed E-state index contributed by atoms with van der Waals surface area (Å²) < 4.78 is 45.5. The quantitative estimate of drug-likeness (QED) is 0.266. The van der Waals surface area contributed by atoms with Gasteiger partial charge in [0, 0.05) is 46.0 Å². The molecule has 2 heterocycles. The lowest BCUT2D eigenvalue weighted by molar-refractivity contribution is -0.363. The number of methoxy groups -OCH3 is 1. The zero-order valence-corrected chi connectivity index (χ0v) is 29.9. The van der Waals surface area contributed by atoms with E-state index in [0.717, 1.165) is 39.7 Å². The van der Waals surface area contributed by atoms with E-state index in [9.17, 15) is 28.8 Å². The molecule has 0 bridgehead atoms. The molecule has 0 aromatic carbocycles. The molecule has 6 aliphatic rings. The van der Waals surface area contributed by atoms with Crippen molar-refractivity contribution in [3.63, 3.8) is 0 Å². The lowest BCUT2D eigenvalue weighted by Crippen LogP contribution is -2.61. The molecule has 6 fully saturated rings. The largest absolute Gasteiger partial charge is 0.467 e. The Morgan fingerprint density at radius 2 is 1.54 bits per heavy atom. The fraction of sp³-hybridized carbons (Fsp3) is 0.833. The highest BCUT2D eigenvalue weighted by Gasteiger charge is 2.65. The summed E-state index contributed by atoms with van der Waals surface area (Å²) in [5, 5.41) is 0. The molecule has 14 heteroatoms. The van der Waals surface area contributed by atoms with Crippen LogP contribution >= 0.6 is 0 Å². The van der Waals surface area contributed by atoms with Crippen LogP contribution in [0.1, 0.15) is 92.9 Å². The van der Waals surface area contributed by atoms with Gasteiger partial charge in [-0.2, -0.15) is 0 Å². The Hall–Kier alpha value is -2.94. The van der Waals surface area contributed by atoms with Gasteiger partial charge in [-0.25, -0.2) is 4.79 Å². The minimum Gasteiger partial charge on any atom is -0.467 e. The Morgan fingerprint density at radius 1 is 0.840 bits per heavy atom. The van der Waals surface area contributed by atoms with Crippen molar-refractivity contribution < 1.29 is 66.7 Å². The van der Waals surface area contributed by atoms with Gasteiger partial charge in [0.05, 0.1) is 13.2 Å². The van der Waals surface area contributed by atoms with Gasteiger partial charge in [-0.15, -0.1) is 0 Å². The number of fused-ring (bicyclic) bond motifs is 6. The molecule has 14 nitrogen and oxygen atoms in total. The van der Waals surface area contributed by atoms with Gasteiger partial charge >= 0.3 is 23.9 Å². The highest BCUT2D eigenvalue weighted by molar-refractivity contribution is 5.89. The van der Waals surface area contributed by atoms with Crippen molar-refractivity contribution in [2.24, 2.45) is 40.4 Å². The maximum atomic E-state index is 14.1. The molecule has 2 aliphatic heterocycles. The van der Waals surface area contributed by atoms with E-state index < -0.39 is 66.0 Å². The number of carbonyl (C=O) groups is 6. The van der Waals surface area contributed by atoms with Gasteiger partial charge in [-0.3, -0.25) is 28.7 Å². The first-order valence-corrected chi connectivity index (χ1v) is 17.8. The standard InChI is InChI=1S/C36H50O14/c1-17(37)44-16-26(41)24-11-10-23-22-9-8-20-14-21(12-13-34(20,4)27(22)25(40)15-35(23,24)5)48-36(6)49-31-29(46-19(3)39)28(45-18(2)38)30(32(42)43-7)47-33(31)50-36/h20-24,27-31,33H,8-16H2,1-7H3/t20?,21-,22?,23?,24?,27?,28+,29+,30+,31-,33-,34?,35?,36?/m1/s1. The zero-order valence-electron chi connectivity index (χ0n) is 29.9. The minimum absolute atomic E-state index is 0.0917. The first kappa shape index (κ1) is 36.8. The van der Waals surface area contributed by atoms with Crippen molar-refractivity contribution in [2.45, 2.75) is 136 Å². The number of ketones is 2. The fourth-order valence-corrected chi connectivity index (χ4v) is 10.8. The van der Waals surface area contributed by atoms with E-state index in [-0.39, 0.29) is 59.3 Å². The third kappa shape index (κ3) is 6.49. The van der Waals surface area contributed by atoms with Crippen LogP contribution in [0.15, 0.2) is 0 Å². The Balaban J connectivity index is 1.14. The molecule has 14 atom stereocenters. The van der Waals surface area contributed by atoms with Crippen LogP contribution in [-0.4, -0.2) is 91.9 Å². The van der Waals surface area contributed by atoms with Gasteiger partial charge in [0.1, 0.15) is 12.4 Å². The van der Waals surface area contributed by atoms with Gasteiger partial charge in [0.2, 0.25) is 0 Å². The predicted molar refractivity (Wildman–Crippen MR) is 168 cm³/mol. The maximum absolute atomic E-state index is 14.1. The molecule has 0 amide bonds. The summed E-state index contributed by atoms with van der Waals surface area (Å²) in [6.07, 6.45) is -0.804. The van der Waals surface area contributed by atoms with Gasteiger partial charge in [0.15, 0.2) is 36.5 Å². The molecule has 0 aromatic rings. The Morgan fingerprint density at radius 3 is 2.20 bits per heavy atom. The normalized spacial score (nSPS) is 44.9. The van der Waals surface area contributed by atoms with Crippen molar-refractivity contribution in [1.82, 2.24) is 0 Å². The van der Waals surface area contributed by atoms with E-state index in [1.54, 1.807) is 6.92 Å². The molecular formula is C36H50O14. The van der Waals surface area contributed by atoms with Gasteiger partial charge in [-0.05, 0) is 73.5 Å². The summed E-state index contributed by atoms with van der Waals surface area (Å²) in [4.78, 5) is 75.4. The number of Topliss-reactive ketones (excluding diaryl/α,β-unsaturated/α-hetero) is 2. The Kier molecular flexibility index (Phi) is 9.99. The molecule has 8 unspecified atom stereocenters. The van der Waals surface area contributed by atoms with Crippen LogP contribution in [-0.2, 0) is 66.7 Å². The van der Waals surface area contributed by atoms with E-state index in [1.807, 2.05) is 0 Å². The second-order valence-corrected chi connectivity index (χ2v) is 15.7. The van der Waals surface area contributed by atoms with Crippen LogP contribution in [0.25, 0.3) is 0 Å². The molecule has 278 valence electrons. The summed E-state index contributed by atoms with van der Waals surface area (Å²) >= 11 is 0. The van der Waals surface area contributed by atoms with Crippen LogP contribution in [0.2, 0.25) is 0 Å². The average Bonchev–Trinajstić information content (AvgIpc) is 3.55. The average molecular weight is 707 g/mol. The second-order valence-electron chi connectivity index (χ2n) is 15.7. The van der Waals surface area contributed by atoms with Crippen molar-refractivity contribution in [2.75, 3.05) is 13.7 Å². The number of esters is 4. The van der Waals surface area contributed by atoms with E-state index in [0.29, 0.717) is 25.7 Å². The molecule has 50 heavy (non-hydrogen) atoms. The minimum atomic E-state index is -1.64. The first-order valence-electron chi connectivity index (χ1n) is 17.8. The molecule has 2 saturated heterocycles. The van der Waals surface area contributed by atoms with Crippen LogP contribution in [0.5, 0.6) is 0 Å². The molecule has 0 N–H and O–H groups in total. The van der Waals surface area contributed by atoms with Crippen LogP contribution in [0.4, 0.5) is 0 Å². The third-order valence-corrected chi connectivity index (χ3v) is 12.7. The number of carbonyl (C=O) groups excluding carboxylic acids is 6. The highest BCUT2D eigenvalue weighted by atomic mass is 16.9. The van der Waals surface area contributed by atoms with Gasteiger partial charge < -0.3 is 33.2 Å². The number of rotatable bonds is 8. The molecule has 0 spiro atoms. The smallest absolute Gasteiger partial charge is 0.339 e. The highest BCUT2D eigenvalue weighted by Crippen LogP contribution is 2.66. The van der Waals surface area contributed by atoms with Crippen molar-refractivity contribution >= 4 is 35.4 Å². The third-order valence-electron chi connectivity index (χ3n) is 12.7. The van der Waals surface area contributed by atoms with Crippen LogP contribution in [0.3, 0.4) is 0 Å². The summed E-state index contributed by atoms with van der Waals surface area (Å²) in [5.41, 5.74) is -0.670. The van der Waals surface area contributed by atoms with Gasteiger partial charge in [0.25, 0.3) is 5.97 Å². The van der Waals surface area contributed by atoms with E-state index in [4.69, 9.17) is 37.9 Å². The summed E-state index contributed by atoms with van der Waals surface area (Å²) in [5.74, 6) is -4.00. The summed E-state index contributed by atoms with van der Waals surface area (Å²) in [6.45, 7) is 9.31. The fourth-order valence-electron chi connectivity index (χ4n) is 10.8. The number of hydrogen-bond acceptors (Lipinski definition) is 14. The topological polar surface area (TPSA) is 176 Å². The molecule has 6 rings (SSSR count). The lowest BCUT2D eigenvalue weighted by atomic mass is 9.44. The Labute approximate surface area is 291 Å². The van der Waals surface area contributed by atoms with Crippen LogP contribution < -0.4 is 0 Å². The van der Waals surface area contributed by atoms with Crippen LogP contribution in [0, 0.1) is 40.4 Å². The Bertz CT molecular complexity index is 1410. The maximum Gasteiger partial charge on any atom is 0.339 e. The molecule has 0 aromatic heterocycles. The van der Waals surface area contributed by atoms with Gasteiger partial charge in [-0.1, -0.05) is 13.8 Å². The second kappa shape index (κ2) is 13.6. The number of hydrogen-bond donors (Lipinski definition) is 0. The molecule has 0 radical (unpaired) electrons. The first-order chi connectivity index (χ1) is 23.5. The predicted octanol–water partition coefficient (Wildman–Crippen LogP) is 3.19. The van der Waals surface area contributed by atoms with Crippen molar-refractivity contribution in [3.8, 4) is 0 Å². The van der Waals surface area contributed by atoms with E-state index in [1.165, 1.54) is 13.8 Å².